The SMILES string of the molecule is CCn1c2c3c4cc(ccc41)C1=CCCN(C1)CC(NC(=O)OC(C)(C)C)C(=O)N1CCC[C@H](N1)C(=O)OCC(C)(C)C3[C@H](OC)C1=C2C=CCN1. The molecule has 1 fully saturated rings. The number of hydrogen-bond donors (Lipinski definition) is 3. The van der Waals surface area contributed by atoms with Crippen LogP contribution in [0, 0.1) is 5.41 Å². The molecule has 12 heteroatoms. The number of carbonyl (C=O) groups is 3. The molecule has 5 aliphatic rings. The number of fused-ring (bicyclic) bond motifs is 7. The van der Waals surface area contributed by atoms with Crippen molar-refractivity contribution in [2.45, 2.75) is 97.1 Å². The van der Waals surface area contributed by atoms with E-state index < -0.39 is 35.2 Å². The molecule has 1 aromatic carbocycles. The third-order valence-corrected chi connectivity index (χ3v) is 11.0. The third kappa shape index (κ3) is 6.76. The number of benzene rings is 1. The Kier molecular flexibility index (Phi) is 9.77. The van der Waals surface area contributed by atoms with Crippen molar-refractivity contribution in [2.75, 3.05) is 46.4 Å². The second-order valence-corrected chi connectivity index (χ2v) is 16.3. The molecule has 5 atom stereocenters. The monoisotopic (exact) mass is 714 g/mol. The van der Waals surface area contributed by atoms with Crippen LogP contribution in [0.25, 0.3) is 22.0 Å². The van der Waals surface area contributed by atoms with Crippen molar-refractivity contribution < 1.29 is 28.6 Å². The fourth-order valence-electron chi connectivity index (χ4n) is 8.69. The van der Waals surface area contributed by atoms with E-state index in [-0.39, 0.29) is 31.1 Å². The summed E-state index contributed by atoms with van der Waals surface area (Å²) in [5.41, 5.74) is 9.92. The minimum Gasteiger partial charge on any atom is -0.464 e. The number of dihydropyridines is 1. The van der Waals surface area contributed by atoms with Gasteiger partial charge in [0.05, 0.1) is 18.0 Å². The van der Waals surface area contributed by atoms with Crippen LogP contribution >= 0.6 is 0 Å². The van der Waals surface area contributed by atoms with Gasteiger partial charge in [-0.3, -0.25) is 19.5 Å². The van der Waals surface area contributed by atoms with E-state index in [9.17, 15) is 14.4 Å². The van der Waals surface area contributed by atoms with Gasteiger partial charge in [-0.15, -0.1) is 0 Å². The first-order chi connectivity index (χ1) is 24.8. The Balaban J connectivity index is 1.35. The summed E-state index contributed by atoms with van der Waals surface area (Å²) in [4.78, 5) is 43.3. The van der Waals surface area contributed by atoms with E-state index in [1.807, 2.05) is 0 Å². The second kappa shape index (κ2) is 14.0. The van der Waals surface area contributed by atoms with Gasteiger partial charge in [-0.1, -0.05) is 38.1 Å². The van der Waals surface area contributed by atoms with Crippen molar-refractivity contribution >= 4 is 40.0 Å². The van der Waals surface area contributed by atoms with E-state index in [2.05, 4.69) is 82.7 Å². The zero-order valence-corrected chi connectivity index (χ0v) is 31.6. The molecule has 12 nitrogen and oxygen atoms in total. The number of hydrogen-bond acceptors (Lipinski definition) is 9. The maximum absolute atomic E-state index is 14.2. The molecule has 1 saturated heterocycles. The number of cyclic esters (lactones) is 1. The van der Waals surface area contributed by atoms with E-state index in [0.717, 1.165) is 47.2 Å². The molecule has 52 heavy (non-hydrogen) atoms. The van der Waals surface area contributed by atoms with Crippen LogP contribution in [-0.2, 0) is 30.3 Å². The number of methoxy groups -OCH3 is 1. The molecule has 0 spiro atoms. The number of carbonyl (C=O) groups excluding carboxylic acids is 3. The lowest BCUT2D eigenvalue weighted by molar-refractivity contribution is -0.156. The van der Waals surface area contributed by atoms with Crippen molar-refractivity contribution in [1.29, 1.82) is 0 Å². The standard InChI is InChI=1S/C40H54N6O6/c1-8-45-30-16-15-24-20-27(30)31-32(35(50-7)33-26(34(31)45)13-9-17-41-33)40(5,6)23-51-37(48)28-14-11-19-46(43-28)36(47)29(42-38(49)52-39(2,3)4)22-44-18-10-12-25(24)21-44/h9,12-13,15-16,20,28-29,32,35,41,43H,8,10-11,14,17-19,21-23H2,1-7H3,(H,42,49)/t28-,29?,32?,35-/m0/s1. The van der Waals surface area contributed by atoms with Gasteiger partial charge < -0.3 is 29.4 Å². The molecule has 3 N–H and O–H groups in total. The van der Waals surface area contributed by atoms with Gasteiger partial charge in [0.1, 0.15) is 23.8 Å². The minimum atomic E-state index is -0.895. The number of aromatic nitrogens is 1. The lowest BCUT2D eigenvalue weighted by Crippen LogP contribution is -2.62. The van der Waals surface area contributed by atoms with E-state index in [1.165, 1.54) is 21.8 Å². The number of amides is 2. The molecule has 6 bridgehead atoms. The number of hydrazine groups is 1. The first kappa shape index (κ1) is 36.2. The number of ether oxygens (including phenoxy) is 3. The Morgan fingerprint density at radius 1 is 1.17 bits per heavy atom. The molecule has 2 aromatic rings. The minimum absolute atomic E-state index is 0.142. The highest BCUT2D eigenvalue weighted by molar-refractivity contribution is 5.97. The van der Waals surface area contributed by atoms with Crippen molar-refractivity contribution in [1.82, 2.24) is 30.5 Å². The Morgan fingerprint density at radius 3 is 2.73 bits per heavy atom. The van der Waals surface area contributed by atoms with Crippen LogP contribution in [-0.4, -0.2) is 103 Å². The molecule has 3 unspecified atom stereocenters. The van der Waals surface area contributed by atoms with Gasteiger partial charge in [0.25, 0.3) is 5.91 Å². The van der Waals surface area contributed by atoms with Gasteiger partial charge in [-0.05, 0) is 75.8 Å². The summed E-state index contributed by atoms with van der Waals surface area (Å²) in [5.74, 6) is -0.865. The smallest absolute Gasteiger partial charge is 0.408 e. The summed E-state index contributed by atoms with van der Waals surface area (Å²) in [6, 6.07) is 5.14. The number of allylic oxidation sites excluding steroid dienone is 2. The predicted molar refractivity (Wildman–Crippen MR) is 200 cm³/mol. The molecule has 2 amide bonds. The summed E-state index contributed by atoms with van der Waals surface area (Å²) < 4.78 is 20.6. The molecule has 1 aliphatic carbocycles. The fraction of sp³-hybridized carbons (Fsp3) is 0.575. The van der Waals surface area contributed by atoms with E-state index >= 15 is 0 Å². The van der Waals surface area contributed by atoms with Gasteiger partial charge >= 0.3 is 12.1 Å². The molecular formula is C40H54N6O6. The predicted octanol–water partition coefficient (Wildman–Crippen LogP) is 4.70. The maximum atomic E-state index is 14.2. The molecule has 0 radical (unpaired) electrons. The van der Waals surface area contributed by atoms with E-state index in [4.69, 9.17) is 14.2 Å². The summed E-state index contributed by atoms with van der Waals surface area (Å²) in [7, 11) is 1.77. The van der Waals surface area contributed by atoms with Crippen molar-refractivity contribution in [3.8, 4) is 0 Å². The highest BCUT2D eigenvalue weighted by Crippen LogP contribution is 2.53. The van der Waals surface area contributed by atoms with Crippen molar-refractivity contribution in [2.24, 2.45) is 5.41 Å². The van der Waals surface area contributed by atoms with Crippen molar-refractivity contribution in [3.05, 3.63) is 58.9 Å². The summed E-state index contributed by atoms with van der Waals surface area (Å²) in [5, 5.41) is 9.14. The average molecular weight is 715 g/mol. The topological polar surface area (TPSA) is 126 Å². The summed E-state index contributed by atoms with van der Waals surface area (Å²) in [6.07, 6.45) is 7.68. The first-order valence-electron chi connectivity index (χ1n) is 18.8. The zero-order chi connectivity index (χ0) is 36.9. The van der Waals surface area contributed by atoms with Crippen LogP contribution in [0.2, 0.25) is 0 Å². The highest BCUT2D eigenvalue weighted by atomic mass is 16.6. The fourth-order valence-corrected chi connectivity index (χ4v) is 8.69. The third-order valence-electron chi connectivity index (χ3n) is 11.0. The quantitative estimate of drug-likeness (QED) is 0.388. The number of alkyl carbamates (subject to hydrolysis) is 1. The number of esters is 1. The van der Waals surface area contributed by atoms with E-state index in [1.54, 1.807) is 27.9 Å². The molecule has 7 rings (SSSR count). The van der Waals surface area contributed by atoms with Crippen LogP contribution in [0.15, 0.2) is 42.1 Å². The number of nitrogens with one attached hydrogen (secondary N) is 3. The first-order valence-corrected chi connectivity index (χ1v) is 18.8. The Labute approximate surface area is 306 Å². The normalized spacial score (nSPS) is 27.6. The summed E-state index contributed by atoms with van der Waals surface area (Å²) in [6.45, 7) is 15.6. The largest absolute Gasteiger partial charge is 0.464 e. The lowest BCUT2D eigenvalue weighted by Gasteiger charge is -2.44. The van der Waals surface area contributed by atoms with Gasteiger partial charge in [-0.2, -0.15) is 0 Å². The zero-order valence-electron chi connectivity index (χ0n) is 31.6. The van der Waals surface area contributed by atoms with Gasteiger partial charge in [0.2, 0.25) is 0 Å². The Morgan fingerprint density at radius 2 is 1.98 bits per heavy atom. The number of nitrogens with zero attached hydrogens (tertiary/aromatic N) is 3. The molecule has 280 valence electrons. The van der Waals surface area contributed by atoms with Crippen LogP contribution in [0.5, 0.6) is 0 Å². The van der Waals surface area contributed by atoms with Crippen LogP contribution in [0.4, 0.5) is 4.79 Å². The van der Waals surface area contributed by atoms with E-state index in [0.29, 0.717) is 32.5 Å². The Bertz CT molecular complexity index is 1850. The highest BCUT2D eigenvalue weighted by Gasteiger charge is 2.48. The maximum Gasteiger partial charge on any atom is 0.408 e. The van der Waals surface area contributed by atoms with Crippen LogP contribution in [0.3, 0.4) is 0 Å². The lowest BCUT2D eigenvalue weighted by atomic mass is 9.67. The summed E-state index contributed by atoms with van der Waals surface area (Å²) >= 11 is 0. The van der Waals surface area contributed by atoms with Gasteiger partial charge in [0.15, 0.2) is 0 Å². The van der Waals surface area contributed by atoms with Crippen molar-refractivity contribution in [3.63, 3.8) is 0 Å². The van der Waals surface area contributed by atoms with Gasteiger partial charge in [-0.25, -0.2) is 10.2 Å². The Hall–Kier alpha value is -4.13. The average Bonchev–Trinajstić information content (AvgIpc) is 3.45. The second-order valence-electron chi connectivity index (χ2n) is 16.3. The molecule has 1 aromatic heterocycles. The van der Waals surface area contributed by atoms with Crippen LogP contribution < -0.4 is 16.1 Å². The molecule has 5 heterocycles. The molecule has 0 saturated carbocycles. The molecular weight excluding hydrogens is 660 g/mol. The molecule has 4 aliphatic heterocycles. The van der Waals surface area contributed by atoms with Gasteiger partial charge in [0, 0.05) is 74.2 Å². The number of rotatable bonds is 3. The number of aryl methyl sites for hydroxylation is 1. The van der Waals surface area contributed by atoms with Crippen LogP contribution in [0.1, 0.15) is 83.5 Å².